The average Bonchev–Trinajstić information content (AvgIpc) is 2.84. The van der Waals surface area contributed by atoms with Crippen molar-refractivity contribution in [1.29, 1.82) is 0 Å². The van der Waals surface area contributed by atoms with E-state index < -0.39 is 0 Å². The molecule has 2 aliphatic heterocycles. The zero-order valence-electron chi connectivity index (χ0n) is 13.1. The van der Waals surface area contributed by atoms with Gasteiger partial charge in [-0.05, 0) is 41.0 Å². The summed E-state index contributed by atoms with van der Waals surface area (Å²) in [6, 6.07) is 7.30. The van der Waals surface area contributed by atoms with Crippen LogP contribution >= 0.6 is 22.6 Å². The van der Waals surface area contributed by atoms with Gasteiger partial charge in [0, 0.05) is 24.5 Å². The number of benzene rings is 1. The molecule has 0 aliphatic carbocycles. The molecule has 2 saturated heterocycles. The van der Waals surface area contributed by atoms with Crippen molar-refractivity contribution in [3.63, 3.8) is 0 Å². The Morgan fingerprint density at radius 2 is 2.13 bits per heavy atom. The van der Waals surface area contributed by atoms with E-state index in [4.69, 9.17) is 4.74 Å². The van der Waals surface area contributed by atoms with Gasteiger partial charge in [-0.25, -0.2) is 4.39 Å². The minimum Gasteiger partial charge on any atom is -0.469 e. The third-order valence-electron chi connectivity index (χ3n) is 5.24. The van der Waals surface area contributed by atoms with Crippen molar-refractivity contribution in [2.45, 2.75) is 37.3 Å². The highest BCUT2D eigenvalue weighted by Gasteiger charge is 2.50. The quantitative estimate of drug-likeness (QED) is 0.542. The van der Waals surface area contributed by atoms with Crippen LogP contribution < -0.4 is 0 Å². The fourth-order valence-corrected chi connectivity index (χ4v) is 4.50. The van der Waals surface area contributed by atoms with Crippen LogP contribution in [0, 0.1) is 11.7 Å². The van der Waals surface area contributed by atoms with Gasteiger partial charge in [-0.1, -0.05) is 40.8 Å². The summed E-state index contributed by atoms with van der Waals surface area (Å²) in [4.78, 5) is 14.9. The second kappa shape index (κ2) is 7.30. The lowest BCUT2D eigenvalue weighted by atomic mass is 9.76. The number of carbonyl (C=O) groups excluding carboxylic acids is 1. The van der Waals surface area contributed by atoms with E-state index >= 15 is 0 Å². The van der Waals surface area contributed by atoms with Crippen LogP contribution in [0.15, 0.2) is 34.4 Å². The largest absolute Gasteiger partial charge is 0.469 e. The van der Waals surface area contributed by atoms with Crippen molar-refractivity contribution in [3.05, 3.63) is 45.8 Å². The number of hydrogen-bond donors (Lipinski definition) is 0. The molecule has 23 heavy (non-hydrogen) atoms. The molecular weight excluding hydrogens is 404 g/mol. The summed E-state index contributed by atoms with van der Waals surface area (Å²) in [6.07, 6.45) is 5.21. The lowest BCUT2D eigenvalue weighted by molar-refractivity contribution is -0.150. The van der Waals surface area contributed by atoms with Crippen LogP contribution in [0.3, 0.4) is 0 Å². The van der Waals surface area contributed by atoms with Crippen LogP contribution in [0.4, 0.5) is 4.39 Å². The fourth-order valence-electron chi connectivity index (χ4n) is 4.27. The Bertz CT molecular complexity index is 589. The van der Waals surface area contributed by atoms with Gasteiger partial charge in [0.2, 0.25) is 0 Å². The van der Waals surface area contributed by atoms with Gasteiger partial charge in [-0.15, -0.1) is 0 Å². The molecule has 0 saturated carbocycles. The molecule has 1 aromatic rings. The Balaban J connectivity index is 1.91. The van der Waals surface area contributed by atoms with E-state index in [1.807, 2.05) is 16.2 Å². The summed E-state index contributed by atoms with van der Waals surface area (Å²) in [5.74, 6) is -0.448. The predicted molar refractivity (Wildman–Crippen MR) is 95.9 cm³/mol. The smallest absolute Gasteiger partial charge is 0.310 e. The number of halogens is 2. The van der Waals surface area contributed by atoms with E-state index in [1.165, 1.54) is 19.2 Å². The lowest BCUT2D eigenvalue weighted by Gasteiger charge is -2.43. The molecule has 2 fully saturated rings. The van der Waals surface area contributed by atoms with Crippen molar-refractivity contribution < 1.29 is 13.9 Å². The fraction of sp³-hybridized carbons (Fsp3) is 0.500. The number of rotatable bonds is 4. The van der Waals surface area contributed by atoms with Crippen LogP contribution in [-0.2, 0) is 9.53 Å². The number of methoxy groups -OCH3 is 1. The molecule has 2 aliphatic rings. The van der Waals surface area contributed by atoms with Crippen LogP contribution in [0.5, 0.6) is 0 Å². The molecule has 4 atom stereocenters. The van der Waals surface area contributed by atoms with Crippen molar-refractivity contribution in [3.8, 4) is 0 Å². The topological polar surface area (TPSA) is 29.5 Å². The third-order valence-corrected chi connectivity index (χ3v) is 5.75. The maximum Gasteiger partial charge on any atom is 0.310 e. The molecule has 5 heteroatoms. The van der Waals surface area contributed by atoms with Crippen LogP contribution in [0.2, 0.25) is 0 Å². The third kappa shape index (κ3) is 3.31. The molecule has 3 nitrogen and oxygen atoms in total. The Morgan fingerprint density at radius 1 is 1.39 bits per heavy atom. The molecule has 0 radical (unpaired) electrons. The number of carbonyl (C=O) groups is 1. The first kappa shape index (κ1) is 16.9. The molecule has 0 spiro atoms. The predicted octanol–water partition coefficient (Wildman–Crippen LogP) is 3.88. The van der Waals surface area contributed by atoms with Gasteiger partial charge in [0.1, 0.15) is 5.82 Å². The summed E-state index contributed by atoms with van der Waals surface area (Å²) in [7, 11) is 1.46. The molecule has 3 rings (SSSR count). The molecule has 2 heterocycles. The summed E-state index contributed by atoms with van der Waals surface area (Å²) in [5.41, 5.74) is 1.04. The van der Waals surface area contributed by atoms with Gasteiger partial charge in [0.15, 0.2) is 0 Å². The highest BCUT2D eigenvalue weighted by molar-refractivity contribution is 14.1. The van der Waals surface area contributed by atoms with Gasteiger partial charge in [0.05, 0.1) is 13.0 Å². The first-order valence-electron chi connectivity index (χ1n) is 8.00. The maximum atomic E-state index is 13.2. The van der Waals surface area contributed by atoms with E-state index in [-0.39, 0.29) is 29.7 Å². The maximum absolute atomic E-state index is 13.2. The van der Waals surface area contributed by atoms with Gasteiger partial charge in [-0.2, -0.15) is 0 Å². The Hall–Kier alpha value is -0.950. The van der Waals surface area contributed by atoms with Crippen molar-refractivity contribution >= 4 is 28.6 Å². The minimum atomic E-state index is -0.240. The number of hydrogen-bond acceptors (Lipinski definition) is 3. The van der Waals surface area contributed by atoms with Crippen LogP contribution in [0.1, 0.15) is 30.7 Å². The number of ether oxygens (including phenoxy) is 1. The monoisotopic (exact) mass is 425 g/mol. The number of nitrogens with zero attached hydrogens (tertiary/aromatic N) is 1. The van der Waals surface area contributed by atoms with Crippen LogP contribution in [-0.4, -0.2) is 36.6 Å². The summed E-state index contributed by atoms with van der Waals surface area (Å²) >= 11 is 2.23. The number of fused-ring (bicyclic) bond motifs is 2. The molecule has 0 N–H and O–H groups in total. The minimum absolute atomic E-state index is 0.111. The van der Waals surface area contributed by atoms with E-state index in [0.29, 0.717) is 6.04 Å². The highest BCUT2D eigenvalue weighted by atomic mass is 123. The SMILES string of the molecule is COC(=O)C1C2CC[C@H](C[C@@H]1c1ccc(F)cc1)N2CC=C[123I]. The summed E-state index contributed by atoms with van der Waals surface area (Å²) in [6.45, 7) is 0.877. The van der Waals surface area contributed by atoms with E-state index in [9.17, 15) is 9.18 Å². The zero-order chi connectivity index (χ0) is 16.4. The van der Waals surface area contributed by atoms with Crippen molar-refractivity contribution in [1.82, 2.24) is 4.90 Å². The molecule has 2 bridgehead atoms. The molecule has 0 aromatic heterocycles. The highest BCUT2D eigenvalue weighted by Crippen LogP contribution is 2.47. The van der Waals surface area contributed by atoms with Gasteiger partial charge in [-0.3, -0.25) is 9.69 Å². The number of esters is 1. The van der Waals surface area contributed by atoms with Gasteiger partial charge < -0.3 is 4.74 Å². The zero-order valence-corrected chi connectivity index (χ0v) is 15.3. The first-order chi connectivity index (χ1) is 11.2. The van der Waals surface area contributed by atoms with Crippen molar-refractivity contribution in [2.24, 2.45) is 5.92 Å². The lowest BCUT2D eigenvalue weighted by Crippen LogP contribution is -2.50. The Kier molecular flexibility index (Phi) is 5.36. The van der Waals surface area contributed by atoms with Crippen molar-refractivity contribution in [2.75, 3.05) is 13.7 Å². The van der Waals surface area contributed by atoms with Gasteiger partial charge >= 0.3 is 5.97 Å². The second-order valence-electron chi connectivity index (χ2n) is 6.30. The normalized spacial score (nSPS) is 30.7. The molecule has 124 valence electrons. The summed E-state index contributed by atoms with van der Waals surface area (Å²) < 4.78 is 20.4. The number of piperidine rings is 1. The molecule has 2 unspecified atom stereocenters. The standard InChI is InChI=1S/C18H21FINO2/c1-23-18(22)17-15(12-3-5-13(19)6-4-12)11-14-7-8-16(17)21(14)10-2-9-20/h2-6,9,14-17H,7-8,10-11H2,1H3/t14-,15-,16?,17?/m1/s1/i20-4. The average molecular weight is 425 g/mol. The first-order valence-corrected chi connectivity index (χ1v) is 9.24. The Morgan fingerprint density at radius 3 is 2.78 bits per heavy atom. The van der Waals surface area contributed by atoms with E-state index in [0.717, 1.165) is 31.4 Å². The molecule has 1 aromatic carbocycles. The van der Waals surface area contributed by atoms with E-state index in [2.05, 4.69) is 33.6 Å². The molecule has 0 amide bonds. The second-order valence-corrected chi connectivity index (χ2v) is 7.02. The van der Waals surface area contributed by atoms with Gasteiger partial charge in [0.25, 0.3) is 0 Å². The van der Waals surface area contributed by atoms with E-state index in [1.54, 1.807) is 0 Å². The molecular formula is C18H21FINO2. The Labute approximate surface area is 150 Å². The summed E-state index contributed by atoms with van der Waals surface area (Å²) in [5, 5.41) is 0. The van der Waals surface area contributed by atoms with Crippen LogP contribution in [0.25, 0.3) is 0 Å².